The molecule has 1 aromatic carbocycles. The molecule has 1 amide bonds. The second kappa shape index (κ2) is 11.6. The first kappa shape index (κ1) is 27.9. The first-order chi connectivity index (χ1) is 16.6. The molecule has 2 aromatic rings. The molecule has 2 fully saturated rings. The van der Waals surface area contributed by atoms with Gasteiger partial charge in [-0.25, -0.2) is 19.2 Å². The van der Waals surface area contributed by atoms with Gasteiger partial charge in [-0.3, -0.25) is 4.90 Å². The lowest BCUT2D eigenvalue weighted by Crippen LogP contribution is -2.61. The number of ether oxygens (including phenoxy) is 2. The third-order valence-corrected chi connectivity index (χ3v) is 6.72. The molecule has 2 saturated carbocycles. The molecule has 194 valence electrons. The monoisotopic (exact) mass is 572 g/mol. The summed E-state index contributed by atoms with van der Waals surface area (Å²) in [6.07, 6.45) is 4.91. The van der Waals surface area contributed by atoms with Crippen molar-refractivity contribution in [2.75, 3.05) is 25.0 Å². The highest BCUT2D eigenvalue weighted by Crippen LogP contribution is 2.40. The largest absolute Gasteiger partial charge is 0.444 e. The average Bonchev–Trinajstić information content (AvgIpc) is 3.59. The van der Waals surface area contributed by atoms with Crippen molar-refractivity contribution in [3.8, 4) is 0 Å². The lowest BCUT2D eigenvalue weighted by molar-refractivity contribution is -0.0673. The number of benzene rings is 1. The molecule has 0 bridgehead atoms. The Labute approximate surface area is 220 Å². The van der Waals surface area contributed by atoms with Crippen LogP contribution in [0.1, 0.15) is 66.7 Å². The highest BCUT2D eigenvalue weighted by Gasteiger charge is 2.47. The van der Waals surface area contributed by atoms with Crippen molar-refractivity contribution < 1.29 is 18.7 Å². The van der Waals surface area contributed by atoms with Crippen molar-refractivity contribution >= 4 is 50.3 Å². The van der Waals surface area contributed by atoms with Crippen LogP contribution >= 0.6 is 27.5 Å². The number of hydrogen-bond acceptors (Lipinski definition) is 6. The Balaban J connectivity index is 0.00000167. The molecule has 0 atom stereocenters. The number of carbonyl (C=O) groups excluding carboxylic acids is 1. The Morgan fingerprint density at radius 3 is 2.54 bits per heavy atom. The summed E-state index contributed by atoms with van der Waals surface area (Å²) in [4.78, 5) is 23.2. The number of amides is 1. The Hall–Kier alpha value is -1.71. The maximum atomic E-state index is 14.5. The predicted octanol–water partition coefficient (Wildman–Crippen LogP) is 6.96. The maximum absolute atomic E-state index is 14.5. The molecule has 2 aliphatic rings. The molecule has 0 saturated heterocycles. The van der Waals surface area contributed by atoms with Crippen LogP contribution in [0, 0.1) is 5.82 Å². The summed E-state index contributed by atoms with van der Waals surface area (Å²) in [5, 5.41) is 3.67. The fraction of sp³-hybridized carbons (Fsp3) is 0.640. The van der Waals surface area contributed by atoms with Gasteiger partial charge in [-0.05, 0) is 92.5 Å². The van der Waals surface area contributed by atoms with E-state index in [0.717, 1.165) is 32.1 Å². The van der Waals surface area contributed by atoms with Crippen LogP contribution in [0.2, 0.25) is 5.28 Å². The minimum absolute atomic E-state index is 0.0562. The quantitative estimate of drug-likeness (QED) is 0.344. The third kappa shape index (κ3) is 6.95. The first-order valence-electron chi connectivity index (χ1n) is 12.3. The summed E-state index contributed by atoms with van der Waals surface area (Å²) in [6, 6.07) is 3.33. The van der Waals surface area contributed by atoms with Crippen LogP contribution in [-0.2, 0) is 9.47 Å². The van der Waals surface area contributed by atoms with Crippen molar-refractivity contribution in [3.63, 3.8) is 0 Å². The number of anilines is 1. The van der Waals surface area contributed by atoms with E-state index in [1.54, 1.807) is 17.0 Å². The smallest absolute Gasteiger partial charge is 0.410 e. The fourth-order valence-corrected chi connectivity index (χ4v) is 4.44. The van der Waals surface area contributed by atoms with E-state index in [2.05, 4.69) is 31.2 Å². The lowest BCUT2D eigenvalue weighted by atomic mass is 9.76. The van der Waals surface area contributed by atoms with Gasteiger partial charge in [0.1, 0.15) is 16.9 Å². The number of nitrogens with zero attached hydrogens (tertiary/aromatic N) is 3. The summed E-state index contributed by atoms with van der Waals surface area (Å²) >= 11 is 9.22. The zero-order valence-corrected chi connectivity index (χ0v) is 23.4. The normalized spacial score (nSPS) is 16.7. The molecular weight excluding hydrogens is 539 g/mol. The van der Waals surface area contributed by atoms with Crippen molar-refractivity contribution in [3.05, 3.63) is 27.7 Å². The molecule has 0 spiro atoms. The zero-order valence-electron chi connectivity index (χ0n) is 21.1. The molecule has 2 aliphatic carbocycles. The Bertz CT molecular complexity index is 1040. The van der Waals surface area contributed by atoms with Gasteiger partial charge >= 0.3 is 6.09 Å². The SMILES string of the molecule is CC.CC(C)(C)OC(=O)N(CCNc1nc(Cl)nc2c(F)c(Br)ccc12)C1(COC2CC2)CCC1. The fourth-order valence-electron chi connectivity index (χ4n) is 3.95. The highest BCUT2D eigenvalue weighted by atomic mass is 79.9. The van der Waals surface area contributed by atoms with E-state index in [0.29, 0.717) is 41.5 Å². The number of hydrogen-bond donors (Lipinski definition) is 1. The van der Waals surface area contributed by atoms with Crippen LogP contribution in [0.15, 0.2) is 16.6 Å². The van der Waals surface area contributed by atoms with Gasteiger partial charge in [-0.1, -0.05) is 13.8 Å². The van der Waals surface area contributed by atoms with E-state index in [1.807, 2.05) is 34.6 Å². The first-order valence-corrected chi connectivity index (χ1v) is 13.4. The average molecular weight is 574 g/mol. The molecule has 4 rings (SSSR count). The number of fused-ring (bicyclic) bond motifs is 1. The van der Waals surface area contributed by atoms with Gasteiger partial charge in [0.05, 0.1) is 22.7 Å². The van der Waals surface area contributed by atoms with E-state index in [9.17, 15) is 9.18 Å². The van der Waals surface area contributed by atoms with Crippen LogP contribution < -0.4 is 5.32 Å². The molecule has 1 aromatic heterocycles. The summed E-state index contributed by atoms with van der Waals surface area (Å²) < 4.78 is 26.6. The van der Waals surface area contributed by atoms with E-state index in [4.69, 9.17) is 21.1 Å². The molecule has 7 nitrogen and oxygen atoms in total. The maximum Gasteiger partial charge on any atom is 0.410 e. The molecule has 0 aliphatic heterocycles. The molecule has 0 unspecified atom stereocenters. The van der Waals surface area contributed by atoms with Crippen molar-refractivity contribution in [2.24, 2.45) is 0 Å². The van der Waals surface area contributed by atoms with Crippen molar-refractivity contribution in [1.82, 2.24) is 14.9 Å². The van der Waals surface area contributed by atoms with E-state index < -0.39 is 11.4 Å². The van der Waals surface area contributed by atoms with Gasteiger partial charge in [0, 0.05) is 18.5 Å². The minimum Gasteiger partial charge on any atom is -0.444 e. The topological polar surface area (TPSA) is 76.6 Å². The van der Waals surface area contributed by atoms with Crippen LogP contribution in [0.3, 0.4) is 0 Å². The van der Waals surface area contributed by atoms with Gasteiger partial charge in [-0.15, -0.1) is 0 Å². The van der Waals surface area contributed by atoms with Crippen molar-refractivity contribution in [1.29, 1.82) is 0 Å². The summed E-state index contributed by atoms with van der Waals surface area (Å²) in [6.45, 7) is 10.8. The Kier molecular flexibility index (Phi) is 9.21. The number of aromatic nitrogens is 2. The van der Waals surface area contributed by atoms with E-state index >= 15 is 0 Å². The van der Waals surface area contributed by atoms with Gasteiger partial charge in [0.2, 0.25) is 5.28 Å². The molecule has 1 N–H and O–H groups in total. The number of rotatable bonds is 8. The number of halogens is 3. The second-order valence-corrected chi connectivity index (χ2v) is 10.9. The van der Waals surface area contributed by atoms with Gasteiger partial charge in [0.15, 0.2) is 5.82 Å². The Morgan fingerprint density at radius 2 is 1.97 bits per heavy atom. The molecule has 10 heteroatoms. The number of carbonyl (C=O) groups is 1. The van der Waals surface area contributed by atoms with Gasteiger partial charge in [0.25, 0.3) is 0 Å². The number of nitrogens with one attached hydrogen (secondary N) is 1. The predicted molar refractivity (Wildman–Crippen MR) is 141 cm³/mol. The van der Waals surface area contributed by atoms with Gasteiger partial charge < -0.3 is 14.8 Å². The molecular formula is C25H35BrClFN4O3. The van der Waals surface area contributed by atoms with Crippen molar-refractivity contribution in [2.45, 2.75) is 84.0 Å². The van der Waals surface area contributed by atoms with Crippen LogP contribution in [0.4, 0.5) is 15.0 Å². The summed E-state index contributed by atoms with van der Waals surface area (Å²) in [7, 11) is 0. The van der Waals surface area contributed by atoms with Gasteiger partial charge in [-0.2, -0.15) is 0 Å². The minimum atomic E-state index is -0.605. The lowest BCUT2D eigenvalue weighted by Gasteiger charge is -2.50. The van der Waals surface area contributed by atoms with Crippen LogP contribution in [-0.4, -0.2) is 57.9 Å². The highest BCUT2D eigenvalue weighted by molar-refractivity contribution is 9.10. The van der Waals surface area contributed by atoms with Crippen LogP contribution in [0.25, 0.3) is 10.9 Å². The molecule has 35 heavy (non-hydrogen) atoms. The summed E-state index contributed by atoms with van der Waals surface area (Å²) in [5.41, 5.74) is -0.842. The van der Waals surface area contributed by atoms with Crippen LogP contribution in [0.5, 0.6) is 0 Å². The standard InChI is InChI=1S/C23H29BrClFN4O3.C2H6/c1-22(2,3)33-21(31)30(23(9-4-10-23)13-32-14-5-6-14)12-11-27-19-15-7-8-16(24)17(26)18(15)28-20(25)29-19;1-2/h7-8,14H,4-6,9-13H2,1-3H3,(H,27,28,29);1-2H3. The summed E-state index contributed by atoms with van der Waals surface area (Å²) in [5.74, 6) is -0.0849. The van der Waals surface area contributed by atoms with E-state index in [-0.39, 0.29) is 22.4 Å². The zero-order chi connectivity index (χ0) is 25.8. The molecule has 1 heterocycles. The Morgan fingerprint density at radius 1 is 1.29 bits per heavy atom. The second-order valence-electron chi connectivity index (χ2n) is 9.75. The molecule has 0 radical (unpaired) electrons. The third-order valence-electron chi connectivity index (χ3n) is 5.94. The van der Waals surface area contributed by atoms with E-state index in [1.165, 1.54) is 0 Å².